The van der Waals surface area contributed by atoms with Gasteiger partial charge in [0.1, 0.15) is 5.82 Å². The number of thioether (sulfide) groups is 1. The molecule has 0 fully saturated rings. The quantitative estimate of drug-likeness (QED) is 0.855. The number of halogens is 1. The first-order valence-electron chi connectivity index (χ1n) is 6.09. The molecule has 1 aliphatic rings. The van der Waals surface area contributed by atoms with E-state index in [0.29, 0.717) is 18.0 Å². The molecule has 0 radical (unpaired) electrons. The van der Waals surface area contributed by atoms with Crippen molar-refractivity contribution < 1.29 is 12.8 Å². The Morgan fingerprint density at radius 1 is 1.05 bits per heavy atom. The van der Waals surface area contributed by atoms with Gasteiger partial charge in [0.15, 0.2) is 0 Å². The predicted molar refractivity (Wildman–Crippen MR) is 78.1 cm³/mol. The zero-order chi connectivity index (χ0) is 14.2. The maximum absolute atomic E-state index is 12.9. The van der Waals surface area contributed by atoms with Gasteiger partial charge < -0.3 is 0 Å². The summed E-state index contributed by atoms with van der Waals surface area (Å²) in [7, 11) is -3.64. The molecule has 6 heteroatoms. The van der Waals surface area contributed by atoms with Crippen molar-refractivity contribution in [2.24, 2.45) is 0 Å². The highest BCUT2D eigenvalue weighted by Crippen LogP contribution is 2.37. The summed E-state index contributed by atoms with van der Waals surface area (Å²) in [5, 5.41) is 0. The van der Waals surface area contributed by atoms with Gasteiger partial charge in [0.2, 0.25) is 0 Å². The van der Waals surface area contributed by atoms with Crippen molar-refractivity contribution in [1.29, 1.82) is 0 Å². The minimum Gasteiger partial charge on any atom is -0.264 e. The van der Waals surface area contributed by atoms with Crippen LogP contribution >= 0.6 is 11.8 Å². The summed E-state index contributed by atoms with van der Waals surface area (Å²) in [4.78, 5) is 1.06. The van der Waals surface area contributed by atoms with E-state index in [1.54, 1.807) is 17.8 Å². The van der Waals surface area contributed by atoms with E-state index in [9.17, 15) is 12.8 Å². The van der Waals surface area contributed by atoms with Crippen molar-refractivity contribution in [3.05, 3.63) is 54.3 Å². The monoisotopic (exact) mass is 309 g/mol. The molecule has 0 atom stereocenters. The minimum atomic E-state index is -3.64. The van der Waals surface area contributed by atoms with Gasteiger partial charge in [0.05, 0.1) is 10.6 Å². The molecule has 1 aliphatic heterocycles. The smallest absolute Gasteiger partial charge is 0.264 e. The number of nitrogens with zero attached hydrogens (tertiary/aromatic N) is 1. The van der Waals surface area contributed by atoms with Crippen LogP contribution in [-0.4, -0.2) is 20.7 Å². The van der Waals surface area contributed by atoms with Crippen LogP contribution in [0.15, 0.2) is 58.3 Å². The number of benzene rings is 2. The molecule has 3 nitrogen and oxygen atoms in total. The van der Waals surface area contributed by atoms with Crippen LogP contribution in [0.1, 0.15) is 0 Å². The molecule has 0 spiro atoms. The summed E-state index contributed by atoms with van der Waals surface area (Å²) in [5.41, 5.74) is 0.688. The Hall–Kier alpha value is -1.53. The average Bonchev–Trinajstić information content (AvgIpc) is 2.47. The first-order valence-corrected chi connectivity index (χ1v) is 8.52. The molecule has 0 unspecified atom stereocenters. The second kappa shape index (κ2) is 5.10. The Balaban J connectivity index is 2.07. The first-order chi connectivity index (χ1) is 9.59. The molecule has 104 valence electrons. The van der Waals surface area contributed by atoms with Gasteiger partial charge >= 0.3 is 0 Å². The standard InChI is InChI=1S/C14H12FNO2S2/c15-11-5-7-12(8-6-11)20(17,18)16-9-10-19-14-4-2-1-3-13(14)16/h1-8H,9-10H2. The normalized spacial score (nSPS) is 14.9. The number of rotatable bonds is 2. The summed E-state index contributed by atoms with van der Waals surface area (Å²) >= 11 is 1.64. The lowest BCUT2D eigenvalue weighted by molar-refractivity contribution is 0.590. The van der Waals surface area contributed by atoms with Gasteiger partial charge in [-0.05, 0) is 36.4 Å². The molecule has 0 aliphatic carbocycles. The topological polar surface area (TPSA) is 37.4 Å². The van der Waals surface area contributed by atoms with Gasteiger partial charge in [0, 0.05) is 17.2 Å². The van der Waals surface area contributed by atoms with Gasteiger partial charge in [-0.3, -0.25) is 4.31 Å². The third kappa shape index (κ3) is 2.29. The molecular formula is C14H12FNO2S2. The van der Waals surface area contributed by atoms with Crippen molar-refractivity contribution in [3.63, 3.8) is 0 Å². The lowest BCUT2D eigenvalue weighted by Gasteiger charge is -2.29. The van der Waals surface area contributed by atoms with Gasteiger partial charge in [-0.25, -0.2) is 12.8 Å². The Morgan fingerprint density at radius 2 is 1.75 bits per heavy atom. The maximum Gasteiger partial charge on any atom is 0.264 e. The predicted octanol–water partition coefficient (Wildman–Crippen LogP) is 3.13. The van der Waals surface area contributed by atoms with Crippen LogP contribution in [-0.2, 0) is 10.0 Å². The largest absolute Gasteiger partial charge is 0.264 e. The highest BCUT2D eigenvalue weighted by Gasteiger charge is 2.29. The van der Waals surface area contributed by atoms with E-state index in [1.165, 1.54) is 16.4 Å². The number of sulfonamides is 1. The van der Waals surface area contributed by atoms with Crippen LogP contribution in [0, 0.1) is 5.82 Å². The number of hydrogen-bond acceptors (Lipinski definition) is 3. The second-order valence-electron chi connectivity index (χ2n) is 4.35. The summed E-state index contributed by atoms with van der Waals surface area (Å²) in [5.74, 6) is 0.260. The van der Waals surface area contributed by atoms with E-state index < -0.39 is 15.8 Å². The Bertz CT molecular complexity index is 729. The van der Waals surface area contributed by atoms with E-state index in [-0.39, 0.29) is 4.90 Å². The molecule has 1 heterocycles. The van der Waals surface area contributed by atoms with E-state index in [4.69, 9.17) is 0 Å². The molecule has 0 N–H and O–H groups in total. The number of hydrogen-bond donors (Lipinski definition) is 0. The molecule has 0 saturated heterocycles. The number of fused-ring (bicyclic) bond motifs is 1. The van der Waals surface area contributed by atoms with Gasteiger partial charge in [-0.2, -0.15) is 0 Å². The highest BCUT2D eigenvalue weighted by molar-refractivity contribution is 8.00. The second-order valence-corrected chi connectivity index (χ2v) is 7.35. The molecule has 0 bridgehead atoms. The third-order valence-electron chi connectivity index (χ3n) is 3.09. The fraction of sp³-hybridized carbons (Fsp3) is 0.143. The van der Waals surface area contributed by atoms with Crippen LogP contribution in [0.3, 0.4) is 0 Å². The molecule has 20 heavy (non-hydrogen) atoms. The lowest BCUT2D eigenvalue weighted by atomic mass is 10.3. The van der Waals surface area contributed by atoms with Gasteiger partial charge in [-0.15, -0.1) is 11.8 Å². The SMILES string of the molecule is O=S(=O)(c1ccc(F)cc1)N1CCSc2ccccc21. The molecule has 2 aromatic carbocycles. The summed E-state index contributed by atoms with van der Waals surface area (Å²) < 4.78 is 39.7. The molecule has 3 rings (SSSR count). The minimum absolute atomic E-state index is 0.112. The number of anilines is 1. The highest BCUT2D eigenvalue weighted by atomic mass is 32.2. The molecule has 2 aromatic rings. The third-order valence-corrected chi connectivity index (χ3v) is 5.96. The van der Waals surface area contributed by atoms with Crippen LogP contribution in [0.2, 0.25) is 0 Å². The molecule has 0 amide bonds. The summed E-state index contributed by atoms with van der Waals surface area (Å²) in [6, 6.07) is 12.3. The van der Waals surface area contributed by atoms with E-state index in [0.717, 1.165) is 17.0 Å². The van der Waals surface area contributed by atoms with Crippen LogP contribution < -0.4 is 4.31 Å². The number of para-hydroxylation sites is 1. The lowest BCUT2D eigenvalue weighted by Crippen LogP contribution is -2.35. The zero-order valence-electron chi connectivity index (χ0n) is 10.5. The fourth-order valence-electron chi connectivity index (χ4n) is 2.13. The van der Waals surface area contributed by atoms with E-state index in [2.05, 4.69) is 0 Å². The van der Waals surface area contributed by atoms with Crippen molar-refractivity contribution in [3.8, 4) is 0 Å². The summed E-state index contributed by atoms with van der Waals surface area (Å²) in [6.07, 6.45) is 0. The van der Waals surface area contributed by atoms with Crippen molar-refractivity contribution in [2.75, 3.05) is 16.6 Å². The van der Waals surface area contributed by atoms with Crippen LogP contribution in [0.4, 0.5) is 10.1 Å². The zero-order valence-corrected chi connectivity index (χ0v) is 12.1. The van der Waals surface area contributed by atoms with Crippen molar-refractivity contribution in [2.45, 2.75) is 9.79 Å². The maximum atomic E-state index is 12.9. The molecule has 0 aromatic heterocycles. The van der Waals surface area contributed by atoms with Crippen molar-refractivity contribution >= 4 is 27.5 Å². The fourth-order valence-corrected chi connectivity index (χ4v) is 4.78. The van der Waals surface area contributed by atoms with E-state index >= 15 is 0 Å². The average molecular weight is 309 g/mol. The van der Waals surface area contributed by atoms with Gasteiger partial charge in [0.25, 0.3) is 10.0 Å². The summed E-state index contributed by atoms with van der Waals surface area (Å²) in [6.45, 7) is 0.418. The van der Waals surface area contributed by atoms with Gasteiger partial charge in [-0.1, -0.05) is 12.1 Å². The van der Waals surface area contributed by atoms with Crippen molar-refractivity contribution in [1.82, 2.24) is 0 Å². The van der Waals surface area contributed by atoms with Crippen LogP contribution in [0.25, 0.3) is 0 Å². The van der Waals surface area contributed by atoms with E-state index in [1.807, 2.05) is 18.2 Å². The Kier molecular flexibility index (Phi) is 3.43. The Morgan fingerprint density at radius 3 is 2.50 bits per heavy atom. The van der Waals surface area contributed by atoms with Crippen LogP contribution in [0.5, 0.6) is 0 Å². The molecular weight excluding hydrogens is 297 g/mol. The molecule has 0 saturated carbocycles. The first kappa shape index (κ1) is 13.5. The Labute approximate surface area is 121 Å².